The number of rotatable bonds is 9. The zero-order valence-corrected chi connectivity index (χ0v) is 16.0. The molecule has 145 valence electrons. The first kappa shape index (κ1) is 18.5. The summed E-state index contributed by atoms with van der Waals surface area (Å²) >= 11 is 0. The maximum absolute atomic E-state index is 6.12. The summed E-state index contributed by atoms with van der Waals surface area (Å²) in [4.78, 5) is 4.85. The number of benzene rings is 2. The van der Waals surface area contributed by atoms with E-state index in [1.807, 2.05) is 18.2 Å². The van der Waals surface area contributed by atoms with Crippen molar-refractivity contribution in [3.05, 3.63) is 107 Å². The van der Waals surface area contributed by atoms with Gasteiger partial charge in [0.1, 0.15) is 5.75 Å². The van der Waals surface area contributed by atoms with Crippen LogP contribution in [0.4, 0.5) is 0 Å². The van der Waals surface area contributed by atoms with Crippen LogP contribution in [0, 0.1) is 6.42 Å². The van der Waals surface area contributed by atoms with Crippen LogP contribution < -0.4 is 20.6 Å². The molecule has 0 fully saturated rings. The van der Waals surface area contributed by atoms with Gasteiger partial charge in [-0.05, 0) is 48.7 Å². The highest BCUT2D eigenvalue weighted by Gasteiger charge is 2.17. The first-order valence-corrected chi connectivity index (χ1v) is 9.82. The zero-order valence-electron chi connectivity index (χ0n) is 16.0. The molecule has 1 aliphatic heterocycles. The van der Waals surface area contributed by atoms with Crippen molar-refractivity contribution in [1.82, 2.24) is 5.32 Å². The Labute approximate surface area is 169 Å². The van der Waals surface area contributed by atoms with E-state index in [-0.39, 0.29) is 2.85 Å². The van der Waals surface area contributed by atoms with Crippen LogP contribution in [-0.4, -0.2) is 13.2 Å². The monoisotopic (exact) mass is 373 g/mol. The molecular weight excluding hydrogens is 344 g/mol. The molecule has 3 heteroatoms. The number of allylic oxidation sites excluding steroid dienone is 5. The summed E-state index contributed by atoms with van der Waals surface area (Å²) in [6, 6.07) is 14.7. The third kappa shape index (κ3) is 4.00. The minimum Gasteiger partial charge on any atom is -0.493 e. The molecule has 4 rings (SSSR count). The molecule has 1 heterocycles. The molecule has 28 heavy (non-hydrogen) atoms. The van der Waals surface area contributed by atoms with Gasteiger partial charge in [0, 0.05) is 26.6 Å². The number of hydrogen-bond acceptors (Lipinski definition) is 3. The molecule has 0 spiro atoms. The molecule has 2 aromatic carbocycles. The molecule has 0 aromatic heterocycles. The van der Waals surface area contributed by atoms with Crippen molar-refractivity contribution in [3.63, 3.8) is 0 Å². The number of fused-ring (bicyclic) bond motifs is 2. The fourth-order valence-corrected chi connectivity index (χ4v) is 3.57. The summed E-state index contributed by atoms with van der Waals surface area (Å²) in [6.07, 6.45) is 11.9. The van der Waals surface area contributed by atoms with E-state index in [2.05, 4.69) is 66.9 Å². The third-order valence-corrected chi connectivity index (χ3v) is 4.94. The highest BCUT2D eigenvalue weighted by molar-refractivity contribution is 5.76. The zero-order chi connectivity index (χ0) is 19.2. The molecule has 1 radical (unpaired) electrons. The fourth-order valence-electron chi connectivity index (χ4n) is 3.57. The van der Waals surface area contributed by atoms with Crippen molar-refractivity contribution in [2.24, 2.45) is 4.99 Å². The van der Waals surface area contributed by atoms with Gasteiger partial charge in [0.25, 0.3) is 0 Å². The van der Waals surface area contributed by atoms with Crippen LogP contribution in [0.25, 0.3) is 5.57 Å². The first-order valence-electron chi connectivity index (χ1n) is 9.82. The standard InChI is InChI=1S/C25H25N2O.2H2/c1-2-9-22-24(28-17-8-16-26-18-19-10-4-3-5-11-19)15-14-21-20-12-6-7-13-23(20)27-25(21)22;;/h2-7,10-15,26H,1,8-9,16-18H2;2*1H. The quantitative estimate of drug-likeness (QED) is 0.534. The molecule has 2 aliphatic rings. The summed E-state index contributed by atoms with van der Waals surface area (Å²) in [5.41, 5.74) is 4.65. The summed E-state index contributed by atoms with van der Waals surface area (Å²) in [5.74, 6) is 0.915. The van der Waals surface area contributed by atoms with Crippen LogP contribution in [0.1, 0.15) is 20.4 Å². The maximum atomic E-state index is 6.12. The average molecular weight is 374 g/mol. The molecule has 0 saturated heterocycles. The second-order valence-electron chi connectivity index (χ2n) is 6.92. The number of nitrogens with one attached hydrogen (secondary N) is 1. The van der Waals surface area contributed by atoms with E-state index < -0.39 is 0 Å². The first-order chi connectivity index (χ1) is 13.9. The second-order valence-corrected chi connectivity index (χ2v) is 6.92. The SMILES string of the molecule is C=CCc1c(OCCCNCc2ccccc2)ccc2c1=NC1=CC=C[CH]C=21.[HH].[HH]. The molecule has 0 amide bonds. The van der Waals surface area contributed by atoms with Gasteiger partial charge in [-0.1, -0.05) is 48.6 Å². The fraction of sp³-hybridized carbons (Fsp3) is 0.200. The molecule has 0 bridgehead atoms. The Morgan fingerprint density at radius 3 is 2.86 bits per heavy atom. The Bertz CT molecular complexity index is 1040. The Kier molecular flexibility index (Phi) is 5.83. The molecule has 1 aliphatic carbocycles. The maximum Gasteiger partial charge on any atom is 0.124 e. The molecule has 0 unspecified atom stereocenters. The van der Waals surface area contributed by atoms with Gasteiger partial charge in [-0.2, -0.15) is 0 Å². The van der Waals surface area contributed by atoms with E-state index >= 15 is 0 Å². The predicted octanol–water partition coefficient (Wildman–Crippen LogP) is 3.91. The van der Waals surface area contributed by atoms with Crippen LogP contribution >= 0.6 is 0 Å². The van der Waals surface area contributed by atoms with Gasteiger partial charge in [-0.25, -0.2) is 4.99 Å². The predicted molar refractivity (Wildman–Crippen MR) is 119 cm³/mol. The van der Waals surface area contributed by atoms with Crippen LogP contribution in [0.5, 0.6) is 5.75 Å². The van der Waals surface area contributed by atoms with E-state index in [0.29, 0.717) is 6.61 Å². The van der Waals surface area contributed by atoms with Gasteiger partial charge in [0.2, 0.25) is 0 Å². The number of ether oxygens (including phenoxy) is 1. The van der Waals surface area contributed by atoms with E-state index in [0.717, 1.165) is 48.3 Å². The third-order valence-electron chi connectivity index (χ3n) is 4.94. The van der Waals surface area contributed by atoms with Gasteiger partial charge < -0.3 is 10.1 Å². The van der Waals surface area contributed by atoms with Crippen molar-refractivity contribution >= 4 is 5.57 Å². The van der Waals surface area contributed by atoms with Crippen molar-refractivity contribution in [1.29, 1.82) is 0 Å². The summed E-state index contributed by atoms with van der Waals surface area (Å²) in [5, 5.41) is 5.68. The highest BCUT2D eigenvalue weighted by Crippen LogP contribution is 2.24. The topological polar surface area (TPSA) is 33.6 Å². The minimum atomic E-state index is 0. The summed E-state index contributed by atoms with van der Waals surface area (Å²) in [7, 11) is 0. The van der Waals surface area contributed by atoms with Gasteiger partial charge in [0.15, 0.2) is 0 Å². The molecular formula is C25H29N2O. The molecule has 3 nitrogen and oxygen atoms in total. The van der Waals surface area contributed by atoms with E-state index in [4.69, 9.17) is 9.73 Å². The van der Waals surface area contributed by atoms with Gasteiger partial charge >= 0.3 is 0 Å². The normalized spacial score (nSPS) is 14.1. The Balaban J connectivity index is 0.00000160. The van der Waals surface area contributed by atoms with Crippen LogP contribution in [0.3, 0.4) is 0 Å². The molecule has 2 aromatic rings. The van der Waals surface area contributed by atoms with Crippen molar-refractivity contribution < 1.29 is 7.59 Å². The lowest BCUT2D eigenvalue weighted by atomic mass is 10.0. The smallest absolute Gasteiger partial charge is 0.124 e. The van der Waals surface area contributed by atoms with Crippen LogP contribution in [0.15, 0.2) is 84.0 Å². The minimum absolute atomic E-state index is 0. The number of hydrogen-bond donors (Lipinski definition) is 1. The molecule has 0 atom stereocenters. The van der Waals surface area contributed by atoms with Crippen molar-refractivity contribution in [2.45, 2.75) is 19.4 Å². The van der Waals surface area contributed by atoms with Crippen LogP contribution in [-0.2, 0) is 13.0 Å². The van der Waals surface area contributed by atoms with E-state index in [9.17, 15) is 0 Å². The summed E-state index contributed by atoms with van der Waals surface area (Å²) in [6.45, 7) is 6.40. The second kappa shape index (κ2) is 8.85. The number of nitrogens with zero attached hydrogens (tertiary/aromatic N) is 1. The van der Waals surface area contributed by atoms with E-state index in [1.165, 1.54) is 16.4 Å². The van der Waals surface area contributed by atoms with Crippen molar-refractivity contribution in [2.75, 3.05) is 13.2 Å². The summed E-state index contributed by atoms with van der Waals surface area (Å²) < 4.78 is 6.12. The largest absolute Gasteiger partial charge is 0.493 e. The lowest BCUT2D eigenvalue weighted by molar-refractivity contribution is 0.305. The van der Waals surface area contributed by atoms with Gasteiger partial charge in [0.05, 0.1) is 17.7 Å². The van der Waals surface area contributed by atoms with Gasteiger partial charge in [-0.15, -0.1) is 6.58 Å². The van der Waals surface area contributed by atoms with Crippen molar-refractivity contribution in [3.8, 4) is 5.75 Å². The molecule has 0 saturated carbocycles. The Hall–Kier alpha value is -2.91. The lowest BCUT2D eigenvalue weighted by Gasteiger charge is -2.11. The Morgan fingerprint density at radius 1 is 1.11 bits per heavy atom. The van der Waals surface area contributed by atoms with Gasteiger partial charge in [-0.3, -0.25) is 0 Å². The molecule has 1 N–H and O–H groups in total. The lowest BCUT2D eigenvalue weighted by Crippen LogP contribution is -2.28. The highest BCUT2D eigenvalue weighted by atomic mass is 16.5. The average Bonchev–Trinajstić information content (AvgIpc) is 3.12. The van der Waals surface area contributed by atoms with E-state index in [1.54, 1.807) is 0 Å². The van der Waals surface area contributed by atoms with Crippen LogP contribution in [0.2, 0.25) is 0 Å². The Morgan fingerprint density at radius 2 is 2.00 bits per heavy atom.